The zero-order valence-corrected chi connectivity index (χ0v) is 11.0. The van der Waals surface area contributed by atoms with Gasteiger partial charge in [-0.2, -0.15) is 0 Å². The number of benzene rings is 1. The molecule has 1 atom stereocenters. The summed E-state index contributed by atoms with van der Waals surface area (Å²) in [6.07, 6.45) is 2.84. The molecule has 0 aromatic heterocycles. The van der Waals surface area contributed by atoms with Gasteiger partial charge in [0.05, 0.1) is 12.5 Å². The van der Waals surface area contributed by atoms with Crippen molar-refractivity contribution in [1.29, 1.82) is 0 Å². The second kappa shape index (κ2) is 4.85. The molecule has 1 aromatic rings. The van der Waals surface area contributed by atoms with Gasteiger partial charge in [-0.1, -0.05) is 18.2 Å². The maximum atomic E-state index is 12.2. The number of aliphatic hydroxyl groups excluding tert-OH is 1. The quantitative estimate of drug-likeness (QED) is 0.761. The first kappa shape index (κ1) is 12.5. The van der Waals surface area contributed by atoms with Crippen LogP contribution in [-0.2, 0) is 11.2 Å². The van der Waals surface area contributed by atoms with Crippen LogP contribution in [0.3, 0.4) is 0 Å². The molecule has 3 N–H and O–H groups in total. The molecule has 102 valence electrons. The highest BCUT2D eigenvalue weighted by molar-refractivity contribution is 5.80. The minimum absolute atomic E-state index is 0.00982. The highest BCUT2D eigenvalue weighted by Crippen LogP contribution is 2.44. The number of carbonyl (C=O) groups is 1. The molecule has 1 saturated carbocycles. The second-order valence-corrected chi connectivity index (χ2v) is 5.82. The van der Waals surface area contributed by atoms with E-state index in [1.807, 2.05) is 12.1 Å². The van der Waals surface area contributed by atoms with Crippen LogP contribution in [-0.4, -0.2) is 30.7 Å². The fourth-order valence-corrected chi connectivity index (χ4v) is 2.61. The van der Waals surface area contributed by atoms with Gasteiger partial charge >= 0.3 is 0 Å². The number of hydrogen-bond acceptors (Lipinski definition) is 3. The first-order chi connectivity index (χ1) is 9.22. The molecule has 0 bridgehead atoms. The van der Waals surface area contributed by atoms with Crippen LogP contribution >= 0.6 is 0 Å². The van der Waals surface area contributed by atoms with Crippen LogP contribution in [0.5, 0.6) is 0 Å². The lowest BCUT2D eigenvalue weighted by molar-refractivity contribution is -0.125. The third-order valence-corrected chi connectivity index (χ3v) is 4.32. The molecular formula is C15H20N2O2. The molecule has 1 aromatic carbocycles. The molecule has 1 amide bonds. The first-order valence-corrected chi connectivity index (χ1v) is 6.93. The molecule has 0 saturated heterocycles. The van der Waals surface area contributed by atoms with Crippen molar-refractivity contribution in [2.75, 3.05) is 25.0 Å². The number of anilines is 1. The van der Waals surface area contributed by atoms with Gasteiger partial charge in [-0.15, -0.1) is 0 Å². The first-order valence-electron chi connectivity index (χ1n) is 6.93. The van der Waals surface area contributed by atoms with Crippen molar-refractivity contribution in [3.63, 3.8) is 0 Å². The maximum Gasteiger partial charge on any atom is 0.225 e. The Labute approximate surface area is 113 Å². The Kier molecular flexibility index (Phi) is 3.19. The van der Waals surface area contributed by atoms with Gasteiger partial charge in [-0.25, -0.2) is 0 Å². The molecule has 4 heteroatoms. The molecule has 1 unspecified atom stereocenters. The van der Waals surface area contributed by atoms with Crippen molar-refractivity contribution in [2.45, 2.75) is 19.3 Å². The smallest absolute Gasteiger partial charge is 0.225 e. The third kappa shape index (κ3) is 2.59. The lowest BCUT2D eigenvalue weighted by Crippen LogP contribution is -2.41. The van der Waals surface area contributed by atoms with Gasteiger partial charge in [-0.3, -0.25) is 4.79 Å². The Hall–Kier alpha value is -1.55. The number of nitrogens with one attached hydrogen (secondary N) is 2. The molecule has 0 radical (unpaired) electrons. The van der Waals surface area contributed by atoms with E-state index in [1.165, 1.54) is 5.56 Å². The minimum Gasteiger partial charge on any atom is -0.396 e. The van der Waals surface area contributed by atoms with Gasteiger partial charge < -0.3 is 15.7 Å². The van der Waals surface area contributed by atoms with Crippen LogP contribution in [0, 0.1) is 11.3 Å². The Balaban J connectivity index is 1.57. The zero-order valence-electron chi connectivity index (χ0n) is 11.0. The molecule has 3 rings (SSSR count). The predicted octanol–water partition coefficient (Wildman–Crippen LogP) is 1.16. The fourth-order valence-electron chi connectivity index (χ4n) is 2.61. The standard InChI is InChI=1S/C15H20N2O2/c18-10-15(5-6-15)9-17-14(19)12-7-11-3-1-2-4-13(11)16-8-12/h1-4,12,16,18H,5-10H2,(H,17,19). The van der Waals surface area contributed by atoms with Gasteiger partial charge in [0.1, 0.15) is 0 Å². The third-order valence-electron chi connectivity index (χ3n) is 4.32. The largest absolute Gasteiger partial charge is 0.396 e. The number of hydrogen-bond donors (Lipinski definition) is 3. The van der Waals surface area contributed by atoms with E-state index >= 15 is 0 Å². The van der Waals surface area contributed by atoms with Gasteiger partial charge in [0, 0.05) is 24.2 Å². The van der Waals surface area contributed by atoms with E-state index < -0.39 is 0 Å². The fraction of sp³-hybridized carbons (Fsp3) is 0.533. The SMILES string of the molecule is O=C(NCC1(CO)CC1)C1CNc2ccccc2C1. The van der Waals surface area contributed by atoms with Crippen LogP contribution in [0.15, 0.2) is 24.3 Å². The summed E-state index contributed by atoms with van der Waals surface area (Å²) in [5.41, 5.74) is 2.33. The van der Waals surface area contributed by atoms with Crippen molar-refractivity contribution in [1.82, 2.24) is 5.32 Å². The number of para-hydroxylation sites is 1. The average molecular weight is 260 g/mol. The van der Waals surface area contributed by atoms with Crippen molar-refractivity contribution >= 4 is 11.6 Å². The Morgan fingerprint density at radius 1 is 1.42 bits per heavy atom. The van der Waals surface area contributed by atoms with E-state index in [0.717, 1.165) is 24.9 Å². The lowest BCUT2D eigenvalue weighted by Gasteiger charge is -2.26. The van der Waals surface area contributed by atoms with Gasteiger partial charge in [-0.05, 0) is 30.9 Å². The molecule has 0 spiro atoms. The number of aliphatic hydroxyl groups is 1. The van der Waals surface area contributed by atoms with E-state index in [-0.39, 0.29) is 23.8 Å². The lowest BCUT2D eigenvalue weighted by atomic mass is 9.93. The van der Waals surface area contributed by atoms with Crippen molar-refractivity contribution in [2.24, 2.45) is 11.3 Å². The van der Waals surface area contributed by atoms with Gasteiger partial charge in [0.15, 0.2) is 0 Å². The van der Waals surface area contributed by atoms with Crippen molar-refractivity contribution in [3.05, 3.63) is 29.8 Å². The molecule has 1 heterocycles. The van der Waals surface area contributed by atoms with Gasteiger partial charge in [0.25, 0.3) is 0 Å². The Morgan fingerprint density at radius 2 is 2.21 bits per heavy atom. The Bertz CT molecular complexity index is 483. The summed E-state index contributed by atoms with van der Waals surface area (Å²) < 4.78 is 0. The zero-order chi connectivity index (χ0) is 13.3. The normalized spacial score (nSPS) is 23.1. The maximum absolute atomic E-state index is 12.2. The highest BCUT2D eigenvalue weighted by atomic mass is 16.3. The topological polar surface area (TPSA) is 61.4 Å². The minimum atomic E-state index is -0.0182. The molecule has 2 aliphatic rings. The summed E-state index contributed by atoms with van der Waals surface area (Å²) in [6, 6.07) is 8.13. The molecule has 19 heavy (non-hydrogen) atoms. The van der Waals surface area contributed by atoms with E-state index in [0.29, 0.717) is 13.1 Å². The summed E-state index contributed by atoms with van der Waals surface area (Å²) >= 11 is 0. The van der Waals surface area contributed by atoms with E-state index in [4.69, 9.17) is 0 Å². The Morgan fingerprint density at radius 3 is 2.95 bits per heavy atom. The highest BCUT2D eigenvalue weighted by Gasteiger charge is 2.42. The summed E-state index contributed by atoms with van der Waals surface area (Å²) in [4.78, 5) is 12.2. The van der Waals surface area contributed by atoms with Crippen LogP contribution in [0.1, 0.15) is 18.4 Å². The van der Waals surface area contributed by atoms with Crippen molar-refractivity contribution in [3.8, 4) is 0 Å². The summed E-state index contributed by atoms with van der Waals surface area (Å²) in [5.74, 6) is 0.0890. The van der Waals surface area contributed by atoms with Crippen LogP contribution in [0.4, 0.5) is 5.69 Å². The van der Waals surface area contributed by atoms with Crippen LogP contribution in [0.25, 0.3) is 0 Å². The number of amides is 1. The molecule has 1 aliphatic carbocycles. The summed E-state index contributed by atoms with van der Waals surface area (Å²) in [6.45, 7) is 1.48. The monoisotopic (exact) mass is 260 g/mol. The second-order valence-electron chi connectivity index (χ2n) is 5.82. The molecule has 1 aliphatic heterocycles. The summed E-state index contributed by atoms with van der Waals surface area (Å²) in [5, 5.41) is 15.6. The van der Waals surface area contributed by atoms with E-state index in [9.17, 15) is 9.90 Å². The van der Waals surface area contributed by atoms with Crippen LogP contribution in [0.2, 0.25) is 0 Å². The summed E-state index contributed by atoms with van der Waals surface area (Å²) in [7, 11) is 0. The van der Waals surface area contributed by atoms with Crippen LogP contribution < -0.4 is 10.6 Å². The molecular weight excluding hydrogens is 240 g/mol. The van der Waals surface area contributed by atoms with E-state index in [1.54, 1.807) is 0 Å². The van der Waals surface area contributed by atoms with Crippen molar-refractivity contribution < 1.29 is 9.90 Å². The molecule has 1 fully saturated rings. The number of fused-ring (bicyclic) bond motifs is 1. The predicted molar refractivity (Wildman–Crippen MR) is 73.9 cm³/mol. The average Bonchev–Trinajstić information content (AvgIpc) is 3.25. The van der Waals surface area contributed by atoms with E-state index in [2.05, 4.69) is 22.8 Å². The molecule has 4 nitrogen and oxygen atoms in total. The van der Waals surface area contributed by atoms with Gasteiger partial charge in [0.2, 0.25) is 5.91 Å². The number of rotatable bonds is 4. The number of carbonyl (C=O) groups excluding carboxylic acids is 1.